The van der Waals surface area contributed by atoms with Crippen molar-refractivity contribution in [3.05, 3.63) is 29.8 Å². The van der Waals surface area contributed by atoms with Crippen molar-refractivity contribution in [2.45, 2.75) is 26.2 Å². The van der Waals surface area contributed by atoms with E-state index in [1.807, 2.05) is 30.0 Å². The molecular weight excluding hydrogens is 252 g/mol. The van der Waals surface area contributed by atoms with Crippen LogP contribution in [-0.4, -0.2) is 30.5 Å². The topological polar surface area (TPSA) is 53.3 Å². The van der Waals surface area contributed by atoms with Crippen LogP contribution < -0.4 is 4.74 Å². The van der Waals surface area contributed by atoms with E-state index in [0.29, 0.717) is 30.3 Å². The minimum atomic E-state index is 0.243. The van der Waals surface area contributed by atoms with Crippen molar-refractivity contribution in [1.82, 2.24) is 4.90 Å². The number of carbonyl (C=O) groups excluding carboxylic acids is 1. The molecule has 1 aromatic carbocycles. The fourth-order valence-corrected chi connectivity index (χ4v) is 2.46. The van der Waals surface area contributed by atoms with E-state index >= 15 is 0 Å². The smallest absolute Gasteiger partial charge is 0.222 e. The lowest BCUT2D eigenvalue weighted by molar-refractivity contribution is -0.130. The number of amides is 1. The molecule has 1 heterocycles. The van der Waals surface area contributed by atoms with Crippen molar-refractivity contribution in [3.8, 4) is 11.8 Å². The average Bonchev–Trinajstić information content (AvgIpc) is 2.94. The molecule has 0 radical (unpaired) electrons. The highest BCUT2D eigenvalue weighted by atomic mass is 16.5. The molecule has 4 nitrogen and oxygen atoms in total. The second kappa shape index (κ2) is 6.95. The molecule has 106 valence electrons. The summed E-state index contributed by atoms with van der Waals surface area (Å²) in [5, 5.41) is 9.00. The maximum Gasteiger partial charge on any atom is 0.222 e. The van der Waals surface area contributed by atoms with Crippen LogP contribution in [0.4, 0.5) is 0 Å². The van der Waals surface area contributed by atoms with Gasteiger partial charge in [0.05, 0.1) is 12.2 Å². The van der Waals surface area contributed by atoms with Crippen molar-refractivity contribution in [2.75, 3.05) is 19.7 Å². The van der Waals surface area contributed by atoms with Crippen LogP contribution >= 0.6 is 0 Å². The Morgan fingerprint density at radius 2 is 2.30 bits per heavy atom. The molecule has 2 rings (SSSR count). The molecule has 1 amide bonds. The molecular formula is C16H20N2O2. The fraction of sp³-hybridized carbons (Fsp3) is 0.500. The third-order valence-electron chi connectivity index (χ3n) is 3.58. The molecule has 1 fully saturated rings. The van der Waals surface area contributed by atoms with E-state index < -0.39 is 0 Å². The second-order valence-corrected chi connectivity index (χ2v) is 5.16. The molecule has 0 aliphatic carbocycles. The summed E-state index contributed by atoms with van der Waals surface area (Å²) in [6.07, 6.45) is 2.50. The quantitative estimate of drug-likeness (QED) is 0.828. The van der Waals surface area contributed by atoms with Gasteiger partial charge in [-0.2, -0.15) is 5.26 Å². The van der Waals surface area contributed by atoms with Crippen molar-refractivity contribution >= 4 is 5.91 Å². The third kappa shape index (κ3) is 3.51. The molecule has 1 atom stereocenters. The van der Waals surface area contributed by atoms with Crippen molar-refractivity contribution < 1.29 is 9.53 Å². The Hall–Kier alpha value is -2.02. The van der Waals surface area contributed by atoms with E-state index in [0.717, 1.165) is 25.9 Å². The summed E-state index contributed by atoms with van der Waals surface area (Å²) in [6, 6.07) is 9.38. The van der Waals surface area contributed by atoms with Gasteiger partial charge < -0.3 is 9.64 Å². The molecule has 0 saturated carbocycles. The largest absolute Gasteiger partial charge is 0.492 e. The maximum atomic E-state index is 11.8. The van der Waals surface area contributed by atoms with E-state index in [4.69, 9.17) is 10.00 Å². The predicted octanol–water partition coefficient (Wildman–Crippen LogP) is 2.59. The van der Waals surface area contributed by atoms with E-state index in [2.05, 4.69) is 6.07 Å². The molecule has 1 aromatic rings. The highest BCUT2D eigenvalue weighted by molar-refractivity contribution is 5.76. The summed E-state index contributed by atoms with van der Waals surface area (Å²) >= 11 is 0. The van der Waals surface area contributed by atoms with E-state index in [9.17, 15) is 4.79 Å². The van der Waals surface area contributed by atoms with Crippen LogP contribution in [0.5, 0.6) is 5.75 Å². The first-order chi connectivity index (χ1) is 9.74. The standard InChI is InChI=1S/C16H20N2O2/c1-2-5-16(19)18-9-8-13(11-18)12-20-15-7-4-3-6-14(15)10-17/h3-4,6-7,13H,2,5,8-9,11-12H2,1H3. The van der Waals surface area contributed by atoms with Gasteiger partial charge in [-0.1, -0.05) is 19.1 Å². The average molecular weight is 272 g/mol. The van der Waals surface area contributed by atoms with Gasteiger partial charge in [0.25, 0.3) is 0 Å². The van der Waals surface area contributed by atoms with Gasteiger partial charge in [0.1, 0.15) is 11.8 Å². The lowest BCUT2D eigenvalue weighted by atomic mass is 10.1. The summed E-state index contributed by atoms with van der Waals surface area (Å²) in [5.41, 5.74) is 0.560. The first-order valence-electron chi connectivity index (χ1n) is 7.14. The van der Waals surface area contributed by atoms with Crippen LogP contribution in [0.15, 0.2) is 24.3 Å². The molecule has 0 bridgehead atoms. The van der Waals surface area contributed by atoms with Gasteiger partial charge in [0, 0.05) is 25.4 Å². The molecule has 0 N–H and O–H groups in total. The lowest BCUT2D eigenvalue weighted by Gasteiger charge is -2.16. The number of para-hydroxylation sites is 1. The minimum Gasteiger partial charge on any atom is -0.492 e. The van der Waals surface area contributed by atoms with Crippen molar-refractivity contribution in [2.24, 2.45) is 5.92 Å². The van der Waals surface area contributed by atoms with Gasteiger partial charge in [-0.3, -0.25) is 4.79 Å². The number of benzene rings is 1. The third-order valence-corrected chi connectivity index (χ3v) is 3.58. The van der Waals surface area contributed by atoms with Crippen LogP contribution in [0, 0.1) is 17.2 Å². The summed E-state index contributed by atoms with van der Waals surface area (Å²) in [5.74, 6) is 1.24. The molecule has 1 saturated heterocycles. The first-order valence-corrected chi connectivity index (χ1v) is 7.14. The number of rotatable bonds is 5. The number of carbonyl (C=O) groups is 1. The van der Waals surface area contributed by atoms with Crippen LogP contribution in [-0.2, 0) is 4.79 Å². The zero-order chi connectivity index (χ0) is 14.4. The number of hydrogen-bond donors (Lipinski definition) is 0. The van der Waals surface area contributed by atoms with Crippen LogP contribution in [0.1, 0.15) is 31.7 Å². The van der Waals surface area contributed by atoms with E-state index in [1.54, 1.807) is 6.07 Å². The van der Waals surface area contributed by atoms with Gasteiger partial charge in [-0.05, 0) is 25.0 Å². The summed E-state index contributed by atoms with van der Waals surface area (Å²) in [6.45, 7) is 4.18. The number of hydrogen-bond acceptors (Lipinski definition) is 3. The number of nitrogens with zero attached hydrogens (tertiary/aromatic N) is 2. The molecule has 0 aromatic heterocycles. The number of likely N-dealkylation sites (tertiary alicyclic amines) is 1. The van der Waals surface area contributed by atoms with Gasteiger partial charge >= 0.3 is 0 Å². The Kier molecular flexibility index (Phi) is 5.00. The Balaban J connectivity index is 1.84. The summed E-state index contributed by atoms with van der Waals surface area (Å²) in [7, 11) is 0. The maximum absolute atomic E-state index is 11.8. The zero-order valence-corrected chi connectivity index (χ0v) is 11.8. The fourth-order valence-electron chi connectivity index (χ4n) is 2.46. The van der Waals surface area contributed by atoms with E-state index in [-0.39, 0.29) is 5.91 Å². The number of ether oxygens (including phenoxy) is 1. The SMILES string of the molecule is CCCC(=O)N1CCC(COc2ccccc2C#N)C1. The Labute approximate surface area is 120 Å². The summed E-state index contributed by atoms with van der Waals surface area (Å²) in [4.78, 5) is 13.7. The summed E-state index contributed by atoms with van der Waals surface area (Å²) < 4.78 is 5.74. The molecule has 1 aliphatic rings. The second-order valence-electron chi connectivity index (χ2n) is 5.16. The van der Waals surface area contributed by atoms with Gasteiger partial charge in [0.15, 0.2) is 0 Å². The predicted molar refractivity (Wildman–Crippen MR) is 76.2 cm³/mol. The highest BCUT2D eigenvalue weighted by Crippen LogP contribution is 2.21. The minimum absolute atomic E-state index is 0.243. The van der Waals surface area contributed by atoms with Crippen LogP contribution in [0.2, 0.25) is 0 Å². The monoisotopic (exact) mass is 272 g/mol. The molecule has 1 unspecified atom stereocenters. The Morgan fingerprint density at radius 3 is 3.05 bits per heavy atom. The van der Waals surface area contributed by atoms with Gasteiger partial charge in [-0.15, -0.1) is 0 Å². The molecule has 0 spiro atoms. The molecule has 4 heteroatoms. The lowest BCUT2D eigenvalue weighted by Crippen LogP contribution is -2.29. The Morgan fingerprint density at radius 1 is 1.50 bits per heavy atom. The molecule has 20 heavy (non-hydrogen) atoms. The van der Waals surface area contributed by atoms with Crippen LogP contribution in [0.3, 0.4) is 0 Å². The van der Waals surface area contributed by atoms with Crippen molar-refractivity contribution in [1.29, 1.82) is 5.26 Å². The number of nitriles is 1. The first kappa shape index (κ1) is 14.4. The van der Waals surface area contributed by atoms with Gasteiger partial charge in [-0.25, -0.2) is 0 Å². The Bertz CT molecular complexity index is 507. The van der Waals surface area contributed by atoms with Crippen molar-refractivity contribution in [3.63, 3.8) is 0 Å². The van der Waals surface area contributed by atoms with Crippen LogP contribution in [0.25, 0.3) is 0 Å². The van der Waals surface area contributed by atoms with E-state index in [1.165, 1.54) is 0 Å². The van der Waals surface area contributed by atoms with Gasteiger partial charge in [0.2, 0.25) is 5.91 Å². The normalized spacial score (nSPS) is 17.8. The molecule has 1 aliphatic heterocycles. The zero-order valence-electron chi connectivity index (χ0n) is 11.8. The highest BCUT2D eigenvalue weighted by Gasteiger charge is 2.26.